The Morgan fingerprint density at radius 2 is 1.80 bits per heavy atom. The van der Waals surface area contributed by atoms with E-state index in [1.54, 1.807) is 12.1 Å². The molecule has 0 radical (unpaired) electrons. The number of hydrogen-bond acceptors (Lipinski definition) is 3. The maximum absolute atomic E-state index is 12.4. The lowest BCUT2D eigenvalue weighted by Gasteiger charge is -2.19. The van der Waals surface area contributed by atoms with E-state index in [9.17, 15) is 9.59 Å². The number of rotatable bonds is 6. The molecule has 2 aromatic carbocycles. The molecule has 6 heteroatoms. The van der Waals surface area contributed by atoms with E-state index in [4.69, 9.17) is 27.9 Å². The minimum Gasteiger partial charge on any atom is -0.452 e. The molecule has 0 spiro atoms. The molecule has 1 amide bonds. The largest absolute Gasteiger partial charge is 0.452 e. The number of nitrogens with one attached hydrogen (secondary N) is 1. The molecule has 0 aromatic heterocycles. The predicted octanol–water partition coefficient (Wildman–Crippen LogP) is 5.06. The molecule has 0 saturated heterocycles. The van der Waals surface area contributed by atoms with Gasteiger partial charge in [-0.25, -0.2) is 0 Å². The number of esters is 1. The molecule has 25 heavy (non-hydrogen) atoms. The van der Waals surface area contributed by atoms with Crippen LogP contribution < -0.4 is 5.32 Å². The molecule has 4 nitrogen and oxygen atoms in total. The predicted molar refractivity (Wildman–Crippen MR) is 100 cm³/mol. The van der Waals surface area contributed by atoms with Gasteiger partial charge in [0.1, 0.15) is 0 Å². The van der Waals surface area contributed by atoms with Crippen LogP contribution >= 0.6 is 23.2 Å². The van der Waals surface area contributed by atoms with Crippen molar-refractivity contribution in [2.24, 2.45) is 0 Å². The summed E-state index contributed by atoms with van der Waals surface area (Å²) in [6, 6.07) is 14.1. The summed E-state index contributed by atoms with van der Waals surface area (Å²) in [5, 5.41) is 3.42. The highest BCUT2D eigenvalue weighted by atomic mass is 35.5. The molecule has 0 unspecified atom stereocenters. The number of ether oxygens (including phenoxy) is 1. The Labute approximate surface area is 157 Å². The lowest BCUT2D eigenvalue weighted by molar-refractivity contribution is -0.154. The van der Waals surface area contributed by atoms with Crippen LogP contribution in [0.3, 0.4) is 0 Å². The van der Waals surface area contributed by atoms with Crippen molar-refractivity contribution in [1.82, 2.24) is 0 Å². The molecule has 132 valence electrons. The number of halogens is 2. The van der Waals surface area contributed by atoms with Crippen LogP contribution in [-0.2, 0) is 14.3 Å². The smallest absolute Gasteiger partial charge is 0.314 e. The average molecular weight is 380 g/mol. The standard InChI is InChI=1S/C19H19Cl2NO3/c1-3-15(13-7-5-4-6-8-13)19(24)25-12(2)18(23)22-17-10-9-14(20)11-16(17)21/h4-12,15H,3H2,1-2H3,(H,22,23)/t12-,15-/m0/s1. The third-order valence-corrected chi connectivity index (χ3v) is 4.29. The molecule has 0 aliphatic heterocycles. The van der Waals surface area contributed by atoms with Gasteiger partial charge in [0.05, 0.1) is 16.6 Å². The second-order valence-electron chi connectivity index (χ2n) is 5.56. The molecule has 0 fully saturated rings. The Morgan fingerprint density at radius 1 is 1.12 bits per heavy atom. The second-order valence-corrected chi connectivity index (χ2v) is 6.41. The molecule has 0 aliphatic rings. The van der Waals surface area contributed by atoms with Gasteiger partial charge in [-0.3, -0.25) is 9.59 Å². The van der Waals surface area contributed by atoms with Gasteiger partial charge in [-0.05, 0) is 37.1 Å². The molecule has 0 saturated carbocycles. The zero-order valence-corrected chi connectivity index (χ0v) is 15.5. The van der Waals surface area contributed by atoms with E-state index < -0.39 is 23.9 Å². The van der Waals surface area contributed by atoms with Crippen molar-refractivity contribution < 1.29 is 14.3 Å². The van der Waals surface area contributed by atoms with Gasteiger partial charge in [-0.1, -0.05) is 60.5 Å². The van der Waals surface area contributed by atoms with Gasteiger partial charge in [0.2, 0.25) is 0 Å². The fraction of sp³-hybridized carbons (Fsp3) is 0.263. The van der Waals surface area contributed by atoms with Crippen LogP contribution in [0.1, 0.15) is 31.7 Å². The number of carbonyl (C=O) groups is 2. The van der Waals surface area contributed by atoms with E-state index in [-0.39, 0.29) is 0 Å². The topological polar surface area (TPSA) is 55.4 Å². The Balaban J connectivity index is 2.01. The lowest BCUT2D eigenvalue weighted by atomic mass is 9.97. The maximum Gasteiger partial charge on any atom is 0.314 e. The number of hydrogen-bond donors (Lipinski definition) is 1. The fourth-order valence-electron chi connectivity index (χ4n) is 2.36. The minimum absolute atomic E-state index is 0.315. The van der Waals surface area contributed by atoms with Crippen molar-refractivity contribution in [3.8, 4) is 0 Å². The van der Waals surface area contributed by atoms with Gasteiger partial charge < -0.3 is 10.1 Å². The minimum atomic E-state index is -0.947. The van der Waals surface area contributed by atoms with Crippen molar-refractivity contribution in [2.45, 2.75) is 32.3 Å². The molecule has 0 heterocycles. The number of carbonyl (C=O) groups excluding carboxylic acids is 2. The first-order valence-corrected chi connectivity index (χ1v) is 8.69. The summed E-state index contributed by atoms with van der Waals surface area (Å²) < 4.78 is 5.34. The molecular formula is C19H19Cl2NO3. The van der Waals surface area contributed by atoms with Crippen LogP contribution in [0, 0.1) is 0 Å². The lowest BCUT2D eigenvalue weighted by Crippen LogP contribution is -2.31. The zero-order valence-electron chi connectivity index (χ0n) is 14.0. The van der Waals surface area contributed by atoms with Gasteiger partial charge >= 0.3 is 5.97 Å². The normalized spacial score (nSPS) is 13.0. The summed E-state index contributed by atoms with van der Waals surface area (Å²) >= 11 is 11.9. The van der Waals surface area contributed by atoms with Crippen LogP contribution in [0.15, 0.2) is 48.5 Å². The molecule has 0 aliphatic carbocycles. The summed E-state index contributed by atoms with van der Waals surface area (Å²) in [6.07, 6.45) is -0.364. The SMILES string of the molecule is CC[C@H](C(=O)O[C@@H](C)C(=O)Nc1ccc(Cl)cc1Cl)c1ccccc1. The Kier molecular flexibility index (Phi) is 6.85. The number of anilines is 1. The van der Waals surface area contributed by atoms with E-state index in [0.717, 1.165) is 5.56 Å². The average Bonchev–Trinajstić information content (AvgIpc) is 2.58. The summed E-state index contributed by atoms with van der Waals surface area (Å²) in [7, 11) is 0. The fourth-order valence-corrected chi connectivity index (χ4v) is 2.81. The highest BCUT2D eigenvalue weighted by Crippen LogP contribution is 2.26. The highest BCUT2D eigenvalue weighted by Gasteiger charge is 2.25. The third-order valence-electron chi connectivity index (χ3n) is 3.75. The first-order chi connectivity index (χ1) is 11.9. The third kappa shape index (κ3) is 5.21. The Hall–Kier alpha value is -2.04. The number of benzene rings is 2. The van der Waals surface area contributed by atoms with Crippen LogP contribution in [-0.4, -0.2) is 18.0 Å². The molecule has 0 bridgehead atoms. The van der Waals surface area contributed by atoms with Crippen LogP contribution in [0.5, 0.6) is 0 Å². The molecule has 2 atom stereocenters. The van der Waals surface area contributed by atoms with E-state index in [1.807, 2.05) is 37.3 Å². The van der Waals surface area contributed by atoms with Gasteiger partial charge in [-0.2, -0.15) is 0 Å². The molecule has 2 aromatic rings. The van der Waals surface area contributed by atoms with Gasteiger partial charge in [0.25, 0.3) is 5.91 Å². The first kappa shape index (κ1) is 19.3. The van der Waals surface area contributed by atoms with Crippen molar-refractivity contribution in [2.75, 3.05) is 5.32 Å². The van der Waals surface area contributed by atoms with Crippen LogP contribution in [0.25, 0.3) is 0 Å². The highest BCUT2D eigenvalue weighted by molar-refractivity contribution is 6.36. The van der Waals surface area contributed by atoms with Crippen molar-refractivity contribution in [3.05, 3.63) is 64.1 Å². The first-order valence-electron chi connectivity index (χ1n) is 7.93. The van der Waals surface area contributed by atoms with E-state index in [1.165, 1.54) is 13.0 Å². The summed E-state index contributed by atoms with van der Waals surface area (Å²) in [6.45, 7) is 3.42. The van der Waals surface area contributed by atoms with E-state index >= 15 is 0 Å². The van der Waals surface area contributed by atoms with Crippen LogP contribution in [0.4, 0.5) is 5.69 Å². The maximum atomic E-state index is 12.4. The zero-order chi connectivity index (χ0) is 18.4. The molecule has 1 N–H and O–H groups in total. The van der Waals surface area contributed by atoms with Gasteiger partial charge in [0, 0.05) is 5.02 Å². The van der Waals surface area contributed by atoms with Gasteiger partial charge in [0.15, 0.2) is 6.10 Å². The summed E-state index contributed by atoms with van der Waals surface area (Å²) in [4.78, 5) is 24.7. The van der Waals surface area contributed by atoms with Crippen molar-refractivity contribution in [3.63, 3.8) is 0 Å². The van der Waals surface area contributed by atoms with Crippen molar-refractivity contribution >= 4 is 40.8 Å². The summed E-state index contributed by atoms with van der Waals surface area (Å²) in [5.74, 6) is -1.30. The quantitative estimate of drug-likeness (QED) is 0.713. The van der Waals surface area contributed by atoms with Crippen molar-refractivity contribution in [1.29, 1.82) is 0 Å². The summed E-state index contributed by atoms with van der Waals surface area (Å²) in [5.41, 5.74) is 1.28. The number of amides is 1. The Morgan fingerprint density at radius 3 is 2.40 bits per heavy atom. The van der Waals surface area contributed by atoms with Crippen LogP contribution in [0.2, 0.25) is 10.0 Å². The van der Waals surface area contributed by atoms with Gasteiger partial charge in [-0.15, -0.1) is 0 Å². The second kappa shape index (κ2) is 8.88. The molecular weight excluding hydrogens is 361 g/mol. The Bertz CT molecular complexity index is 750. The monoisotopic (exact) mass is 379 g/mol. The van der Waals surface area contributed by atoms with E-state index in [0.29, 0.717) is 22.2 Å². The van der Waals surface area contributed by atoms with E-state index in [2.05, 4.69) is 5.32 Å². The molecule has 2 rings (SSSR count).